The summed E-state index contributed by atoms with van der Waals surface area (Å²) in [7, 11) is 0. The molecule has 1 aromatic carbocycles. The molecule has 1 saturated heterocycles. The first-order valence-electron chi connectivity index (χ1n) is 8.81. The van der Waals surface area contributed by atoms with Gasteiger partial charge in [0.15, 0.2) is 0 Å². The van der Waals surface area contributed by atoms with Crippen molar-refractivity contribution < 1.29 is 19.1 Å². The maximum absolute atomic E-state index is 14.8. The number of nitrogens with zero attached hydrogens (tertiary/aromatic N) is 2. The van der Waals surface area contributed by atoms with Crippen LogP contribution in [0.1, 0.15) is 29.6 Å². The SMILES string of the molecule is NC1CCN(c2c(F)cc3c(=O)c(C(=O)O)cn(OCC4CC4)c3c2Cl)C1. The Balaban J connectivity index is 1.93. The molecule has 3 N–H and O–H groups in total. The van der Waals surface area contributed by atoms with E-state index in [1.54, 1.807) is 4.90 Å². The molecule has 1 aliphatic heterocycles. The minimum atomic E-state index is -1.41. The number of nitrogens with two attached hydrogens (primary N) is 1. The number of fused-ring (bicyclic) bond motifs is 1. The predicted octanol–water partition coefficient (Wildman–Crippen LogP) is 1.87. The smallest absolute Gasteiger partial charge is 0.341 e. The van der Waals surface area contributed by atoms with E-state index in [1.807, 2.05) is 0 Å². The molecule has 1 saturated carbocycles. The Morgan fingerprint density at radius 3 is 2.74 bits per heavy atom. The summed E-state index contributed by atoms with van der Waals surface area (Å²) in [5, 5.41) is 9.21. The summed E-state index contributed by atoms with van der Waals surface area (Å²) in [6, 6.07) is 0.949. The van der Waals surface area contributed by atoms with E-state index < -0.39 is 22.8 Å². The fraction of sp³-hybridized carbons (Fsp3) is 0.444. The summed E-state index contributed by atoms with van der Waals surface area (Å²) < 4.78 is 16.0. The van der Waals surface area contributed by atoms with Crippen molar-refractivity contribution in [3.05, 3.63) is 38.9 Å². The first kappa shape index (κ1) is 18.1. The Morgan fingerprint density at radius 1 is 1.41 bits per heavy atom. The number of hydrogen-bond acceptors (Lipinski definition) is 5. The highest BCUT2D eigenvalue weighted by atomic mass is 35.5. The Morgan fingerprint density at radius 2 is 2.15 bits per heavy atom. The van der Waals surface area contributed by atoms with Crippen molar-refractivity contribution in [1.29, 1.82) is 0 Å². The molecule has 1 aromatic heterocycles. The molecule has 2 aromatic rings. The van der Waals surface area contributed by atoms with Crippen LogP contribution in [0.25, 0.3) is 10.9 Å². The fourth-order valence-corrected chi connectivity index (χ4v) is 3.77. The zero-order valence-electron chi connectivity index (χ0n) is 14.5. The van der Waals surface area contributed by atoms with Crippen molar-refractivity contribution in [2.45, 2.75) is 25.3 Å². The molecule has 2 heterocycles. The number of hydrogen-bond donors (Lipinski definition) is 2. The lowest BCUT2D eigenvalue weighted by atomic mass is 10.1. The molecular formula is C18H19ClFN3O4. The predicted molar refractivity (Wildman–Crippen MR) is 99.1 cm³/mol. The highest BCUT2D eigenvalue weighted by molar-refractivity contribution is 6.38. The standard InChI is InChI=1S/C18H19ClFN3O4/c19-14-15-11(5-13(20)16(14)22-4-3-10(21)6-22)17(24)12(18(25)26)7-23(15)27-8-9-1-2-9/h5,7,9-10H,1-4,6,8,21H2,(H,25,26). The molecule has 1 aliphatic carbocycles. The average molecular weight is 396 g/mol. The second-order valence-electron chi connectivity index (χ2n) is 7.15. The van der Waals surface area contributed by atoms with Gasteiger partial charge < -0.3 is 20.6 Å². The van der Waals surface area contributed by atoms with Crippen LogP contribution in [0.15, 0.2) is 17.1 Å². The maximum Gasteiger partial charge on any atom is 0.341 e. The van der Waals surface area contributed by atoms with Gasteiger partial charge in [-0.15, -0.1) is 0 Å². The molecule has 2 fully saturated rings. The van der Waals surface area contributed by atoms with Crippen molar-refractivity contribution in [2.24, 2.45) is 11.7 Å². The number of aromatic nitrogens is 1. The summed E-state index contributed by atoms with van der Waals surface area (Å²) in [6.07, 6.45) is 3.88. The van der Waals surface area contributed by atoms with Crippen molar-refractivity contribution in [1.82, 2.24) is 4.73 Å². The molecule has 1 atom stereocenters. The van der Waals surface area contributed by atoms with Gasteiger partial charge in [-0.3, -0.25) is 4.79 Å². The summed E-state index contributed by atoms with van der Waals surface area (Å²) in [5.74, 6) is -1.70. The van der Waals surface area contributed by atoms with Crippen LogP contribution < -0.4 is 20.9 Å². The Hall–Kier alpha value is -2.32. The largest absolute Gasteiger partial charge is 0.477 e. The van der Waals surface area contributed by atoms with E-state index in [1.165, 1.54) is 4.73 Å². The zero-order chi connectivity index (χ0) is 19.3. The second-order valence-corrected chi connectivity index (χ2v) is 7.53. The summed E-state index contributed by atoms with van der Waals surface area (Å²) in [4.78, 5) is 31.4. The first-order chi connectivity index (χ1) is 12.9. The van der Waals surface area contributed by atoms with E-state index in [0.717, 1.165) is 25.1 Å². The van der Waals surface area contributed by atoms with E-state index in [4.69, 9.17) is 22.2 Å². The van der Waals surface area contributed by atoms with Crippen LogP contribution in [0.4, 0.5) is 10.1 Å². The number of aromatic carboxylic acids is 1. The topological polar surface area (TPSA) is 97.8 Å². The third kappa shape index (κ3) is 3.23. The number of carbonyl (C=O) groups is 1. The quantitative estimate of drug-likeness (QED) is 0.802. The maximum atomic E-state index is 14.8. The Kier molecular flexibility index (Phi) is 4.47. The molecule has 144 valence electrons. The van der Waals surface area contributed by atoms with Crippen LogP contribution in [0.5, 0.6) is 0 Å². The Bertz CT molecular complexity index is 989. The molecule has 0 radical (unpaired) electrons. The van der Waals surface area contributed by atoms with Crippen LogP contribution in [-0.2, 0) is 0 Å². The van der Waals surface area contributed by atoms with Crippen LogP contribution in [0.3, 0.4) is 0 Å². The van der Waals surface area contributed by atoms with Crippen molar-refractivity contribution in [2.75, 3.05) is 24.6 Å². The van der Waals surface area contributed by atoms with Gasteiger partial charge in [-0.2, -0.15) is 4.73 Å². The van der Waals surface area contributed by atoms with Gasteiger partial charge in [0.05, 0.1) is 22.3 Å². The molecule has 2 aliphatic rings. The van der Waals surface area contributed by atoms with Gasteiger partial charge in [-0.05, 0) is 31.2 Å². The van der Waals surface area contributed by atoms with Gasteiger partial charge in [0, 0.05) is 19.1 Å². The van der Waals surface area contributed by atoms with E-state index in [2.05, 4.69) is 0 Å². The van der Waals surface area contributed by atoms with Crippen molar-refractivity contribution in [3.8, 4) is 0 Å². The molecule has 4 rings (SSSR count). The van der Waals surface area contributed by atoms with Crippen molar-refractivity contribution >= 4 is 34.2 Å². The molecule has 0 amide bonds. The van der Waals surface area contributed by atoms with Crippen LogP contribution in [-0.4, -0.2) is 41.5 Å². The van der Waals surface area contributed by atoms with Gasteiger partial charge in [-0.25, -0.2) is 9.18 Å². The molecule has 0 bridgehead atoms. The van der Waals surface area contributed by atoms with E-state index in [-0.39, 0.29) is 27.7 Å². The first-order valence-corrected chi connectivity index (χ1v) is 9.19. The lowest BCUT2D eigenvalue weighted by molar-refractivity contribution is 0.0685. The van der Waals surface area contributed by atoms with Crippen LogP contribution in [0, 0.1) is 11.7 Å². The molecule has 7 nitrogen and oxygen atoms in total. The number of pyridine rings is 1. The van der Waals surface area contributed by atoms with Gasteiger partial charge in [-0.1, -0.05) is 11.6 Å². The molecule has 0 spiro atoms. The number of anilines is 1. The normalized spacial score (nSPS) is 19.7. The van der Waals surface area contributed by atoms with Gasteiger partial charge in [0.1, 0.15) is 23.5 Å². The minimum Gasteiger partial charge on any atom is -0.477 e. The van der Waals surface area contributed by atoms with Crippen LogP contribution >= 0.6 is 11.6 Å². The summed E-state index contributed by atoms with van der Waals surface area (Å²) in [6.45, 7) is 1.36. The number of rotatable bonds is 5. The number of carboxylic acid groups (broad SMARTS) is 1. The number of halogens is 2. The third-order valence-corrected chi connectivity index (χ3v) is 5.40. The van der Waals surface area contributed by atoms with Crippen LogP contribution in [0.2, 0.25) is 5.02 Å². The number of carboxylic acids is 1. The van der Waals surface area contributed by atoms with Crippen molar-refractivity contribution in [3.63, 3.8) is 0 Å². The fourth-order valence-electron chi connectivity index (χ4n) is 3.38. The zero-order valence-corrected chi connectivity index (χ0v) is 15.2. The number of benzene rings is 1. The summed E-state index contributed by atoms with van der Waals surface area (Å²) in [5.41, 5.74) is 4.95. The van der Waals surface area contributed by atoms with Gasteiger partial charge >= 0.3 is 5.97 Å². The monoisotopic (exact) mass is 395 g/mol. The van der Waals surface area contributed by atoms with E-state index in [9.17, 15) is 19.1 Å². The molecular weight excluding hydrogens is 377 g/mol. The molecule has 27 heavy (non-hydrogen) atoms. The Labute approximate surface area is 159 Å². The minimum absolute atomic E-state index is 0.0175. The second kappa shape index (κ2) is 6.69. The lowest BCUT2D eigenvalue weighted by Gasteiger charge is -2.23. The third-order valence-electron chi connectivity index (χ3n) is 5.04. The highest BCUT2D eigenvalue weighted by Crippen LogP contribution is 2.37. The average Bonchev–Trinajstić information content (AvgIpc) is 3.34. The summed E-state index contributed by atoms with van der Waals surface area (Å²) >= 11 is 6.50. The van der Waals surface area contributed by atoms with Gasteiger partial charge in [0.25, 0.3) is 0 Å². The van der Waals surface area contributed by atoms with E-state index in [0.29, 0.717) is 32.0 Å². The molecule has 9 heteroatoms. The lowest BCUT2D eigenvalue weighted by Crippen LogP contribution is -2.28. The van der Waals surface area contributed by atoms with Gasteiger partial charge in [0.2, 0.25) is 5.43 Å². The molecule has 1 unspecified atom stereocenters. The van der Waals surface area contributed by atoms with E-state index >= 15 is 0 Å². The highest BCUT2D eigenvalue weighted by Gasteiger charge is 2.29.